The molecule has 3 N–H and O–H groups in total. The highest BCUT2D eigenvalue weighted by Crippen LogP contribution is 2.12. The summed E-state index contributed by atoms with van der Waals surface area (Å²) in [7, 11) is 1.98. The Kier molecular flexibility index (Phi) is 6.98. The smallest absolute Gasteiger partial charge is 0.334 e. The van der Waals surface area contributed by atoms with Gasteiger partial charge >= 0.3 is 5.96 Å². The van der Waals surface area contributed by atoms with Gasteiger partial charge in [-0.2, -0.15) is 0 Å². The lowest BCUT2D eigenvalue weighted by molar-refractivity contribution is -0.385. The summed E-state index contributed by atoms with van der Waals surface area (Å²) in [6.07, 6.45) is 0. The summed E-state index contributed by atoms with van der Waals surface area (Å²) in [6, 6.07) is 20.0. The molecule has 1 aliphatic heterocycles. The van der Waals surface area contributed by atoms with Crippen LogP contribution in [0.25, 0.3) is 0 Å². The lowest BCUT2D eigenvalue weighted by Gasteiger charge is -2.26. The van der Waals surface area contributed by atoms with Gasteiger partial charge in [0.05, 0.1) is 20.1 Å². The molecule has 6 heteroatoms. The van der Waals surface area contributed by atoms with Crippen molar-refractivity contribution in [1.29, 1.82) is 0 Å². The summed E-state index contributed by atoms with van der Waals surface area (Å²) in [4.78, 5) is 7.15. The van der Waals surface area contributed by atoms with E-state index in [1.165, 1.54) is 0 Å². The topological polar surface area (TPSA) is 56.7 Å². The lowest BCUT2D eigenvalue weighted by Crippen LogP contribution is -2.51. The Balaban J connectivity index is 0.00000225. The number of guanidine groups is 1. The van der Waals surface area contributed by atoms with Gasteiger partial charge in [-0.3, -0.25) is 4.90 Å². The third-order valence-electron chi connectivity index (χ3n) is 4.12. The number of nitrogens with zero attached hydrogens (tertiary/aromatic N) is 3. The Bertz CT molecular complexity index is 722. The summed E-state index contributed by atoms with van der Waals surface area (Å²) in [5.41, 5.74) is 8.34. The number of piperazine rings is 1. The molecule has 5 nitrogen and oxygen atoms in total. The molecule has 132 valence electrons. The van der Waals surface area contributed by atoms with Crippen LogP contribution < -0.4 is 11.1 Å². The van der Waals surface area contributed by atoms with E-state index in [1.54, 1.807) is 0 Å². The van der Waals surface area contributed by atoms with E-state index >= 15 is 0 Å². The SMILES string of the molecule is C[N+](C(=Nc1ccccc1)N1CCNCC1)=C(N)c1ccccc1.Cl. The second-order valence-electron chi connectivity index (χ2n) is 5.79. The fraction of sp³-hybridized carbons (Fsp3) is 0.263. The van der Waals surface area contributed by atoms with Crippen molar-refractivity contribution in [1.82, 2.24) is 10.2 Å². The van der Waals surface area contributed by atoms with Crippen LogP contribution in [0.5, 0.6) is 0 Å². The summed E-state index contributed by atoms with van der Waals surface area (Å²) in [6.45, 7) is 3.73. The van der Waals surface area contributed by atoms with Gasteiger partial charge in [-0.25, -0.2) is 4.58 Å². The number of nitrogens with two attached hydrogens (primary N) is 1. The number of rotatable bonds is 2. The number of aliphatic imine (C=N–C) groups is 1. The van der Waals surface area contributed by atoms with Crippen LogP contribution in [0.1, 0.15) is 5.56 Å². The van der Waals surface area contributed by atoms with Crippen molar-refractivity contribution in [2.45, 2.75) is 0 Å². The maximum Gasteiger partial charge on any atom is 0.350 e. The number of halogens is 1. The predicted molar refractivity (Wildman–Crippen MR) is 106 cm³/mol. The molecule has 0 aliphatic carbocycles. The number of benzene rings is 2. The van der Waals surface area contributed by atoms with Crippen LogP contribution in [-0.2, 0) is 0 Å². The van der Waals surface area contributed by atoms with Crippen LogP contribution in [0.2, 0.25) is 0 Å². The second kappa shape index (κ2) is 9.20. The van der Waals surface area contributed by atoms with Crippen LogP contribution in [0.15, 0.2) is 65.7 Å². The molecule has 1 aliphatic rings. The number of hydrogen-bond acceptors (Lipinski definition) is 2. The van der Waals surface area contributed by atoms with Gasteiger partial charge in [0.2, 0.25) is 0 Å². The van der Waals surface area contributed by atoms with Gasteiger partial charge in [0.1, 0.15) is 5.69 Å². The largest absolute Gasteiger partial charge is 0.350 e. The summed E-state index contributed by atoms with van der Waals surface area (Å²) >= 11 is 0. The zero-order valence-corrected chi connectivity index (χ0v) is 15.2. The van der Waals surface area contributed by atoms with Gasteiger partial charge in [-0.15, -0.1) is 17.4 Å². The van der Waals surface area contributed by atoms with E-state index < -0.39 is 0 Å². The average molecular weight is 359 g/mol. The summed E-state index contributed by atoms with van der Waals surface area (Å²) in [5.74, 6) is 1.58. The molecule has 0 aromatic heterocycles. The van der Waals surface area contributed by atoms with Crippen LogP contribution in [-0.4, -0.2) is 54.5 Å². The van der Waals surface area contributed by atoms with Gasteiger partial charge in [0, 0.05) is 18.7 Å². The van der Waals surface area contributed by atoms with Crippen molar-refractivity contribution >= 4 is 29.9 Å². The molecule has 0 saturated carbocycles. The van der Waals surface area contributed by atoms with E-state index in [-0.39, 0.29) is 12.4 Å². The highest BCUT2D eigenvalue weighted by atomic mass is 35.5. The molecule has 0 radical (unpaired) electrons. The first-order valence-electron chi connectivity index (χ1n) is 8.26. The number of para-hydroxylation sites is 1. The van der Waals surface area contributed by atoms with Gasteiger partial charge in [0.25, 0.3) is 0 Å². The molecule has 0 spiro atoms. The van der Waals surface area contributed by atoms with Crippen molar-refractivity contribution in [3.63, 3.8) is 0 Å². The van der Waals surface area contributed by atoms with Crippen molar-refractivity contribution in [3.8, 4) is 0 Å². The molecule has 0 atom stereocenters. The minimum atomic E-state index is 0. The Morgan fingerprint density at radius 1 is 1.00 bits per heavy atom. The standard InChI is InChI=1S/C19H23N5.ClH/c1-23(18(20)16-8-4-2-5-9-16)19(24-14-12-21-13-15-24)22-17-10-6-3-7-11-17;/h2-11,20-21H,12-15H2,1H3;1H/p+1. The van der Waals surface area contributed by atoms with Crippen LogP contribution >= 0.6 is 12.4 Å². The normalized spacial score (nSPS) is 16.0. The quantitative estimate of drug-likeness (QED) is 0.491. The zero-order valence-electron chi connectivity index (χ0n) is 14.4. The van der Waals surface area contributed by atoms with Crippen LogP contribution in [0.3, 0.4) is 0 Å². The maximum absolute atomic E-state index is 6.42. The van der Waals surface area contributed by atoms with Crippen molar-refractivity contribution in [3.05, 3.63) is 66.2 Å². The van der Waals surface area contributed by atoms with E-state index in [9.17, 15) is 0 Å². The summed E-state index contributed by atoms with van der Waals surface area (Å²) in [5, 5.41) is 3.38. The molecule has 2 aromatic rings. The number of nitrogens with one attached hydrogen (secondary N) is 1. The van der Waals surface area contributed by atoms with E-state index in [2.05, 4.69) is 10.2 Å². The van der Waals surface area contributed by atoms with Gasteiger partial charge in [-0.1, -0.05) is 36.4 Å². The third-order valence-corrected chi connectivity index (χ3v) is 4.12. The minimum Gasteiger partial charge on any atom is -0.334 e. The Morgan fingerprint density at radius 3 is 2.16 bits per heavy atom. The van der Waals surface area contributed by atoms with E-state index in [4.69, 9.17) is 10.7 Å². The first-order chi connectivity index (χ1) is 11.8. The molecule has 1 saturated heterocycles. The Morgan fingerprint density at radius 2 is 1.56 bits per heavy atom. The van der Waals surface area contributed by atoms with Gasteiger partial charge in [-0.05, 0) is 24.3 Å². The molecule has 0 bridgehead atoms. The first-order valence-corrected chi connectivity index (χ1v) is 8.26. The molecule has 2 aromatic carbocycles. The maximum atomic E-state index is 6.42. The fourth-order valence-corrected chi connectivity index (χ4v) is 2.75. The highest BCUT2D eigenvalue weighted by Gasteiger charge is 2.24. The van der Waals surface area contributed by atoms with E-state index in [1.807, 2.05) is 72.3 Å². The lowest BCUT2D eigenvalue weighted by atomic mass is 10.2. The molecular weight excluding hydrogens is 334 g/mol. The molecule has 0 unspecified atom stereocenters. The van der Waals surface area contributed by atoms with Gasteiger partial charge < -0.3 is 11.1 Å². The summed E-state index contributed by atoms with van der Waals surface area (Å²) < 4.78 is 1.98. The molecular formula is C19H25ClN5+. The van der Waals surface area contributed by atoms with Crippen LogP contribution in [0.4, 0.5) is 5.69 Å². The number of amidine groups is 1. The average Bonchev–Trinajstić information content (AvgIpc) is 2.67. The van der Waals surface area contributed by atoms with E-state index in [0.717, 1.165) is 43.4 Å². The van der Waals surface area contributed by atoms with Gasteiger partial charge in [0.15, 0.2) is 5.84 Å². The molecule has 1 heterocycles. The second-order valence-corrected chi connectivity index (χ2v) is 5.79. The zero-order chi connectivity index (χ0) is 16.8. The van der Waals surface area contributed by atoms with E-state index in [0.29, 0.717) is 5.84 Å². The monoisotopic (exact) mass is 358 g/mol. The molecule has 0 amide bonds. The molecule has 1 fully saturated rings. The first kappa shape index (κ1) is 19.0. The highest BCUT2D eigenvalue weighted by molar-refractivity contribution is 5.97. The molecule has 3 rings (SSSR count). The number of hydrogen-bond donors (Lipinski definition) is 2. The Labute approximate surface area is 155 Å². The third kappa shape index (κ3) is 4.81. The van der Waals surface area contributed by atoms with Crippen molar-refractivity contribution in [2.75, 3.05) is 33.2 Å². The van der Waals surface area contributed by atoms with Crippen LogP contribution in [0, 0.1) is 0 Å². The fourth-order valence-electron chi connectivity index (χ4n) is 2.75. The van der Waals surface area contributed by atoms with Crippen molar-refractivity contribution in [2.24, 2.45) is 10.7 Å². The minimum absolute atomic E-state index is 0. The predicted octanol–water partition coefficient (Wildman–Crippen LogP) is 2.05. The Hall–Kier alpha value is -2.37. The molecule has 25 heavy (non-hydrogen) atoms. The van der Waals surface area contributed by atoms with Crippen molar-refractivity contribution < 1.29 is 4.58 Å².